The van der Waals surface area contributed by atoms with E-state index in [1.807, 2.05) is 0 Å². The summed E-state index contributed by atoms with van der Waals surface area (Å²) in [4.78, 5) is 2.80. The molecule has 0 heterocycles. The molecule has 0 bridgehead atoms. The summed E-state index contributed by atoms with van der Waals surface area (Å²) in [5, 5.41) is 9.97. The second kappa shape index (κ2) is 4.89. The molecule has 0 aliphatic heterocycles. The zero-order valence-corrected chi connectivity index (χ0v) is 11.1. The van der Waals surface area contributed by atoms with Crippen LogP contribution in [0.5, 0.6) is 0 Å². The highest BCUT2D eigenvalue weighted by molar-refractivity contribution is 4.96. The van der Waals surface area contributed by atoms with Crippen molar-refractivity contribution < 1.29 is 5.11 Å². The summed E-state index contributed by atoms with van der Waals surface area (Å²) >= 11 is 0. The molecular formula is C15H27NO. The molecule has 3 rings (SSSR count). The van der Waals surface area contributed by atoms with Crippen LogP contribution in [0.2, 0.25) is 0 Å². The lowest BCUT2D eigenvalue weighted by atomic mass is 9.80. The molecule has 3 aliphatic rings. The van der Waals surface area contributed by atoms with E-state index >= 15 is 0 Å². The van der Waals surface area contributed by atoms with E-state index in [1.54, 1.807) is 0 Å². The van der Waals surface area contributed by atoms with Gasteiger partial charge < -0.3 is 5.11 Å². The summed E-state index contributed by atoms with van der Waals surface area (Å²) < 4.78 is 0. The van der Waals surface area contributed by atoms with Crippen molar-refractivity contribution in [3.05, 3.63) is 0 Å². The minimum absolute atomic E-state index is 0.0248. The first-order valence-corrected chi connectivity index (χ1v) is 7.71. The Morgan fingerprint density at radius 3 is 2.41 bits per heavy atom. The lowest BCUT2D eigenvalue weighted by Gasteiger charge is -2.42. The molecular weight excluding hydrogens is 210 g/mol. The Kier molecular flexibility index (Phi) is 3.45. The van der Waals surface area contributed by atoms with Crippen molar-refractivity contribution in [1.29, 1.82) is 0 Å². The average molecular weight is 237 g/mol. The first-order chi connectivity index (χ1) is 8.28. The van der Waals surface area contributed by atoms with Gasteiger partial charge in [0.25, 0.3) is 0 Å². The Hall–Kier alpha value is -0.0800. The van der Waals surface area contributed by atoms with Crippen molar-refractivity contribution in [3.63, 3.8) is 0 Å². The summed E-state index contributed by atoms with van der Waals surface area (Å²) in [6, 6.07) is 1.57. The van der Waals surface area contributed by atoms with Crippen molar-refractivity contribution in [2.45, 2.75) is 76.5 Å². The second-order valence-electron chi connectivity index (χ2n) is 6.57. The molecule has 0 spiro atoms. The summed E-state index contributed by atoms with van der Waals surface area (Å²) in [6.07, 6.45) is 10.3. The fourth-order valence-corrected chi connectivity index (χ4v) is 3.63. The third kappa shape index (κ3) is 2.85. The molecule has 2 heteroatoms. The maximum absolute atomic E-state index is 9.97. The molecule has 3 fully saturated rings. The molecule has 3 unspecified atom stereocenters. The van der Waals surface area contributed by atoms with Gasteiger partial charge in [-0.25, -0.2) is 0 Å². The maximum atomic E-state index is 9.97. The van der Waals surface area contributed by atoms with Gasteiger partial charge in [0.2, 0.25) is 0 Å². The van der Waals surface area contributed by atoms with Crippen LogP contribution in [0.1, 0.15) is 58.3 Å². The molecule has 0 saturated heterocycles. The Morgan fingerprint density at radius 2 is 1.82 bits per heavy atom. The van der Waals surface area contributed by atoms with Crippen LogP contribution in [0.3, 0.4) is 0 Å². The molecule has 1 N–H and O–H groups in total. The van der Waals surface area contributed by atoms with Gasteiger partial charge in [0.1, 0.15) is 0 Å². The minimum Gasteiger partial charge on any atom is -0.393 e. The van der Waals surface area contributed by atoms with Gasteiger partial charge >= 0.3 is 0 Å². The second-order valence-corrected chi connectivity index (χ2v) is 6.57. The van der Waals surface area contributed by atoms with E-state index in [-0.39, 0.29) is 6.10 Å². The van der Waals surface area contributed by atoms with Crippen molar-refractivity contribution in [3.8, 4) is 0 Å². The first-order valence-electron chi connectivity index (χ1n) is 7.71. The highest BCUT2D eigenvalue weighted by Gasteiger charge is 2.41. The Labute approximate surface area is 105 Å². The van der Waals surface area contributed by atoms with Gasteiger partial charge in [-0.2, -0.15) is 0 Å². The molecule has 0 aromatic carbocycles. The largest absolute Gasteiger partial charge is 0.393 e. The molecule has 0 amide bonds. The fourth-order valence-electron chi connectivity index (χ4n) is 3.63. The number of nitrogens with zero attached hydrogens (tertiary/aromatic N) is 1. The third-order valence-corrected chi connectivity index (χ3v) is 5.06. The van der Waals surface area contributed by atoms with Gasteiger partial charge in [0.15, 0.2) is 0 Å². The van der Waals surface area contributed by atoms with Crippen LogP contribution in [-0.4, -0.2) is 34.7 Å². The van der Waals surface area contributed by atoms with Gasteiger partial charge in [-0.05, 0) is 56.8 Å². The molecule has 0 aromatic rings. The summed E-state index contributed by atoms with van der Waals surface area (Å²) in [7, 11) is 0. The predicted octanol–water partition coefficient (Wildman–Crippen LogP) is 2.80. The highest BCUT2D eigenvalue weighted by Crippen LogP contribution is 2.41. The molecule has 3 atom stereocenters. The number of aliphatic hydroxyl groups is 1. The van der Waals surface area contributed by atoms with Crippen molar-refractivity contribution in [1.82, 2.24) is 4.90 Å². The minimum atomic E-state index is -0.0248. The SMILES string of the molecule is CCC1CCC(O)CC1N(CC1CC1)C1CC1. The van der Waals surface area contributed by atoms with Gasteiger partial charge in [0.05, 0.1) is 6.10 Å². The molecule has 17 heavy (non-hydrogen) atoms. The number of hydrogen-bond donors (Lipinski definition) is 1. The zero-order chi connectivity index (χ0) is 11.8. The Bertz CT molecular complexity index is 260. The number of rotatable bonds is 5. The Balaban J connectivity index is 1.67. The third-order valence-electron chi connectivity index (χ3n) is 5.06. The molecule has 3 saturated carbocycles. The topological polar surface area (TPSA) is 23.5 Å². The van der Waals surface area contributed by atoms with Crippen LogP contribution >= 0.6 is 0 Å². The maximum Gasteiger partial charge on any atom is 0.0555 e. The molecule has 0 radical (unpaired) electrons. The van der Waals surface area contributed by atoms with Gasteiger partial charge in [0, 0.05) is 18.6 Å². The van der Waals surface area contributed by atoms with Crippen LogP contribution < -0.4 is 0 Å². The average Bonchev–Trinajstić information content (AvgIpc) is 3.17. The van der Waals surface area contributed by atoms with E-state index < -0.39 is 0 Å². The van der Waals surface area contributed by atoms with Crippen LogP contribution in [0, 0.1) is 11.8 Å². The van der Waals surface area contributed by atoms with Gasteiger partial charge in [-0.3, -0.25) is 4.90 Å². The molecule has 2 nitrogen and oxygen atoms in total. The normalized spacial score (nSPS) is 38.6. The van der Waals surface area contributed by atoms with Gasteiger partial charge in [-0.1, -0.05) is 13.3 Å². The van der Waals surface area contributed by atoms with E-state index in [0.717, 1.165) is 30.7 Å². The fraction of sp³-hybridized carbons (Fsp3) is 1.00. The van der Waals surface area contributed by atoms with Crippen LogP contribution in [0.15, 0.2) is 0 Å². The standard InChI is InChI=1S/C15H27NO/c1-2-12-5-8-14(17)9-15(12)16(13-6-7-13)10-11-3-4-11/h11-15,17H,2-10H2,1H3. The summed E-state index contributed by atoms with van der Waals surface area (Å²) in [5.74, 6) is 1.84. The van der Waals surface area contributed by atoms with E-state index in [0.29, 0.717) is 6.04 Å². The highest BCUT2D eigenvalue weighted by atomic mass is 16.3. The predicted molar refractivity (Wildman–Crippen MR) is 69.9 cm³/mol. The quantitative estimate of drug-likeness (QED) is 0.795. The van der Waals surface area contributed by atoms with Crippen LogP contribution in [0.4, 0.5) is 0 Å². The monoisotopic (exact) mass is 237 g/mol. The Morgan fingerprint density at radius 1 is 1.06 bits per heavy atom. The zero-order valence-electron chi connectivity index (χ0n) is 11.1. The van der Waals surface area contributed by atoms with Gasteiger partial charge in [-0.15, -0.1) is 0 Å². The van der Waals surface area contributed by atoms with E-state index in [4.69, 9.17) is 0 Å². The van der Waals surface area contributed by atoms with Crippen molar-refractivity contribution in [2.24, 2.45) is 11.8 Å². The van der Waals surface area contributed by atoms with Crippen molar-refractivity contribution in [2.75, 3.05) is 6.54 Å². The van der Waals surface area contributed by atoms with E-state index in [9.17, 15) is 5.11 Å². The summed E-state index contributed by atoms with van der Waals surface area (Å²) in [6.45, 7) is 3.66. The number of aliphatic hydroxyl groups excluding tert-OH is 1. The first kappa shape index (κ1) is 12.0. The smallest absolute Gasteiger partial charge is 0.0555 e. The molecule has 3 aliphatic carbocycles. The molecule has 0 aromatic heterocycles. The summed E-state index contributed by atoms with van der Waals surface area (Å²) in [5.41, 5.74) is 0. The lowest BCUT2D eigenvalue weighted by molar-refractivity contribution is 0.0194. The van der Waals surface area contributed by atoms with E-state index in [2.05, 4.69) is 11.8 Å². The van der Waals surface area contributed by atoms with Crippen molar-refractivity contribution >= 4 is 0 Å². The van der Waals surface area contributed by atoms with Crippen LogP contribution in [-0.2, 0) is 0 Å². The number of hydrogen-bond acceptors (Lipinski definition) is 2. The lowest BCUT2D eigenvalue weighted by Crippen LogP contribution is -2.47. The molecule has 98 valence electrons. The van der Waals surface area contributed by atoms with Crippen LogP contribution in [0.25, 0.3) is 0 Å². The van der Waals surface area contributed by atoms with E-state index in [1.165, 1.54) is 45.1 Å².